The van der Waals surface area contributed by atoms with Crippen LogP contribution in [0.2, 0.25) is 0 Å². The zero-order valence-electron chi connectivity index (χ0n) is 12.5. The standard InChI is InChI=1S/C16H28N2O/c1-4-18(5-2)13-9-12-17-14-16(3,19)15-10-7-6-8-11-15/h6-8,10-11,17,19H,4-5,9,12-14H2,1-3H3. The molecular formula is C16H28N2O. The van der Waals surface area contributed by atoms with Gasteiger partial charge >= 0.3 is 0 Å². The molecule has 0 spiro atoms. The predicted molar refractivity (Wildman–Crippen MR) is 81.3 cm³/mol. The minimum atomic E-state index is -0.795. The lowest BCUT2D eigenvalue weighted by molar-refractivity contribution is 0.0569. The molecule has 1 rings (SSSR count). The summed E-state index contributed by atoms with van der Waals surface area (Å²) in [6.07, 6.45) is 1.12. The third-order valence-corrected chi connectivity index (χ3v) is 3.59. The highest BCUT2D eigenvalue weighted by Crippen LogP contribution is 2.18. The number of benzene rings is 1. The third kappa shape index (κ3) is 5.72. The summed E-state index contributed by atoms with van der Waals surface area (Å²) >= 11 is 0. The van der Waals surface area contributed by atoms with Crippen LogP contribution in [0.5, 0.6) is 0 Å². The molecule has 0 fully saturated rings. The van der Waals surface area contributed by atoms with Gasteiger partial charge in [-0.3, -0.25) is 0 Å². The van der Waals surface area contributed by atoms with Crippen LogP contribution in [0.25, 0.3) is 0 Å². The molecule has 0 aliphatic carbocycles. The number of aliphatic hydroxyl groups is 1. The molecule has 3 heteroatoms. The van der Waals surface area contributed by atoms with E-state index in [0.717, 1.165) is 38.2 Å². The molecule has 19 heavy (non-hydrogen) atoms. The molecule has 0 saturated heterocycles. The van der Waals surface area contributed by atoms with E-state index in [9.17, 15) is 5.11 Å². The number of rotatable bonds is 9. The molecule has 0 aromatic heterocycles. The van der Waals surface area contributed by atoms with Crippen LogP contribution in [0, 0.1) is 0 Å². The highest BCUT2D eigenvalue weighted by atomic mass is 16.3. The molecule has 2 N–H and O–H groups in total. The molecule has 0 aliphatic rings. The molecular weight excluding hydrogens is 236 g/mol. The van der Waals surface area contributed by atoms with Crippen molar-refractivity contribution in [3.63, 3.8) is 0 Å². The second-order valence-electron chi connectivity index (χ2n) is 5.20. The molecule has 1 aromatic rings. The smallest absolute Gasteiger partial charge is 0.0992 e. The summed E-state index contributed by atoms with van der Waals surface area (Å²) < 4.78 is 0. The Balaban J connectivity index is 2.25. The third-order valence-electron chi connectivity index (χ3n) is 3.59. The minimum absolute atomic E-state index is 0.593. The molecule has 0 amide bonds. The summed E-state index contributed by atoms with van der Waals surface area (Å²) in [7, 11) is 0. The maximum atomic E-state index is 10.4. The quantitative estimate of drug-likeness (QED) is 0.671. The van der Waals surface area contributed by atoms with Crippen molar-refractivity contribution in [1.82, 2.24) is 10.2 Å². The van der Waals surface area contributed by atoms with Crippen LogP contribution >= 0.6 is 0 Å². The molecule has 0 heterocycles. The van der Waals surface area contributed by atoms with Crippen LogP contribution in [0.1, 0.15) is 32.8 Å². The van der Waals surface area contributed by atoms with E-state index in [1.54, 1.807) is 0 Å². The summed E-state index contributed by atoms with van der Waals surface area (Å²) in [5.41, 5.74) is 0.169. The Bertz CT molecular complexity index is 334. The van der Waals surface area contributed by atoms with E-state index < -0.39 is 5.60 Å². The van der Waals surface area contributed by atoms with Gasteiger partial charge in [0.25, 0.3) is 0 Å². The first-order valence-electron chi connectivity index (χ1n) is 7.31. The van der Waals surface area contributed by atoms with Crippen LogP contribution in [0.4, 0.5) is 0 Å². The molecule has 0 radical (unpaired) electrons. The highest BCUT2D eigenvalue weighted by molar-refractivity contribution is 5.21. The van der Waals surface area contributed by atoms with Crippen molar-refractivity contribution in [2.24, 2.45) is 0 Å². The van der Waals surface area contributed by atoms with Gasteiger partial charge in [0.2, 0.25) is 0 Å². The molecule has 0 bridgehead atoms. The topological polar surface area (TPSA) is 35.5 Å². The van der Waals surface area contributed by atoms with E-state index >= 15 is 0 Å². The zero-order valence-corrected chi connectivity index (χ0v) is 12.5. The van der Waals surface area contributed by atoms with Gasteiger partial charge in [-0.1, -0.05) is 44.2 Å². The van der Waals surface area contributed by atoms with Gasteiger partial charge in [0, 0.05) is 6.54 Å². The lowest BCUT2D eigenvalue weighted by atomic mass is 9.96. The van der Waals surface area contributed by atoms with Gasteiger partial charge in [-0.15, -0.1) is 0 Å². The van der Waals surface area contributed by atoms with Crippen molar-refractivity contribution < 1.29 is 5.11 Å². The molecule has 1 aromatic carbocycles. The van der Waals surface area contributed by atoms with Gasteiger partial charge in [-0.2, -0.15) is 0 Å². The fourth-order valence-electron chi connectivity index (χ4n) is 2.20. The predicted octanol–water partition coefficient (Wildman–Crippen LogP) is 2.22. The Morgan fingerprint density at radius 1 is 1.16 bits per heavy atom. The fourth-order valence-corrected chi connectivity index (χ4v) is 2.20. The average Bonchev–Trinajstić information content (AvgIpc) is 2.44. The van der Waals surface area contributed by atoms with E-state index in [1.165, 1.54) is 0 Å². The van der Waals surface area contributed by atoms with Gasteiger partial charge in [-0.05, 0) is 45.1 Å². The molecule has 1 unspecified atom stereocenters. The Hall–Kier alpha value is -0.900. The van der Waals surface area contributed by atoms with Crippen LogP contribution in [-0.4, -0.2) is 42.7 Å². The number of nitrogens with one attached hydrogen (secondary N) is 1. The SMILES string of the molecule is CCN(CC)CCCNCC(C)(O)c1ccccc1. The molecule has 3 nitrogen and oxygen atoms in total. The van der Waals surface area contributed by atoms with Gasteiger partial charge in [-0.25, -0.2) is 0 Å². The van der Waals surface area contributed by atoms with E-state index in [2.05, 4.69) is 24.1 Å². The molecule has 0 saturated carbocycles. The first-order chi connectivity index (χ1) is 9.10. The Morgan fingerprint density at radius 3 is 2.37 bits per heavy atom. The number of hydrogen-bond donors (Lipinski definition) is 2. The van der Waals surface area contributed by atoms with E-state index in [4.69, 9.17) is 0 Å². The summed E-state index contributed by atoms with van der Waals surface area (Å²) in [5.74, 6) is 0. The van der Waals surface area contributed by atoms with E-state index in [0.29, 0.717) is 6.54 Å². The van der Waals surface area contributed by atoms with Crippen LogP contribution in [-0.2, 0) is 5.60 Å². The number of nitrogens with zero attached hydrogens (tertiary/aromatic N) is 1. The van der Waals surface area contributed by atoms with Crippen LogP contribution in [0.15, 0.2) is 30.3 Å². The Labute approximate surface area is 117 Å². The van der Waals surface area contributed by atoms with Crippen molar-refractivity contribution in [3.05, 3.63) is 35.9 Å². The second kappa shape index (κ2) is 8.31. The summed E-state index contributed by atoms with van der Waals surface area (Å²) in [4.78, 5) is 2.41. The van der Waals surface area contributed by atoms with E-state index in [1.807, 2.05) is 37.3 Å². The Kier molecular flexibility index (Phi) is 7.06. The van der Waals surface area contributed by atoms with Gasteiger partial charge < -0.3 is 15.3 Å². The van der Waals surface area contributed by atoms with Crippen molar-refractivity contribution in [1.29, 1.82) is 0 Å². The first kappa shape index (κ1) is 16.2. The molecule has 0 aliphatic heterocycles. The average molecular weight is 264 g/mol. The normalized spacial score (nSPS) is 14.6. The van der Waals surface area contributed by atoms with Crippen molar-refractivity contribution in [2.45, 2.75) is 32.8 Å². The van der Waals surface area contributed by atoms with Gasteiger partial charge in [0.1, 0.15) is 0 Å². The van der Waals surface area contributed by atoms with Crippen LogP contribution in [0.3, 0.4) is 0 Å². The first-order valence-corrected chi connectivity index (χ1v) is 7.31. The van der Waals surface area contributed by atoms with Crippen molar-refractivity contribution in [2.75, 3.05) is 32.7 Å². The molecule has 108 valence electrons. The molecule has 1 atom stereocenters. The second-order valence-corrected chi connectivity index (χ2v) is 5.20. The monoisotopic (exact) mass is 264 g/mol. The van der Waals surface area contributed by atoms with E-state index in [-0.39, 0.29) is 0 Å². The zero-order chi connectivity index (χ0) is 14.1. The van der Waals surface area contributed by atoms with Crippen molar-refractivity contribution in [3.8, 4) is 0 Å². The van der Waals surface area contributed by atoms with Crippen LogP contribution < -0.4 is 5.32 Å². The fraction of sp³-hybridized carbons (Fsp3) is 0.625. The maximum Gasteiger partial charge on any atom is 0.0992 e. The Morgan fingerprint density at radius 2 is 1.79 bits per heavy atom. The lowest BCUT2D eigenvalue weighted by Gasteiger charge is -2.25. The summed E-state index contributed by atoms with van der Waals surface area (Å²) in [6.45, 7) is 11.1. The maximum absolute atomic E-state index is 10.4. The van der Waals surface area contributed by atoms with Gasteiger partial charge in [0.05, 0.1) is 5.60 Å². The highest BCUT2D eigenvalue weighted by Gasteiger charge is 2.21. The number of hydrogen-bond acceptors (Lipinski definition) is 3. The van der Waals surface area contributed by atoms with Crippen molar-refractivity contribution >= 4 is 0 Å². The largest absolute Gasteiger partial charge is 0.384 e. The lowest BCUT2D eigenvalue weighted by Crippen LogP contribution is -2.36. The van der Waals surface area contributed by atoms with Gasteiger partial charge in [0.15, 0.2) is 0 Å². The summed E-state index contributed by atoms with van der Waals surface area (Å²) in [5, 5.41) is 13.8. The summed E-state index contributed by atoms with van der Waals surface area (Å²) in [6, 6.07) is 9.83. The minimum Gasteiger partial charge on any atom is -0.384 e.